The molecule has 0 radical (unpaired) electrons. The first-order valence-electron chi connectivity index (χ1n) is 3.96. The maximum atomic E-state index is 5.74. The number of fused-ring (bicyclic) bond motifs is 1. The van der Waals surface area contributed by atoms with Crippen LogP contribution in [0.5, 0.6) is 0 Å². The van der Waals surface area contributed by atoms with Crippen molar-refractivity contribution in [1.82, 2.24) is 9.97 Å². The Morgan fingerprint density at radius 3 is 2.27 bits per heavy atom. The van der Waals surface area contributed by atoms with Crippen LogP contribution in [-0.2, 0) is 0 Å². The van der Waals surface area contributed by atoms with E-state index in [1.165, 1.54) is 0 Å². The van der Waals surface area contributed by atoms with Gasteiger partial charge in [-0.05, 0) is 12.1 Å². The molecular formula is C8H11ClN6. The predicted octanol–water partition coefficient (Wildman–Crippen LogP) is 0.380. The molecule has 6 nitrogen and oxygen atoms in total. The molecule has 0 spiro atoms. The highest BCUT2D eigenvalue weighted by atomic mass is 35.5. The Morgan fingerprint density at radius 2 is 1.60 bits per heavy atom. The molecule has 0 unspecified atom stereocenters. The molecule has 0 aliphatic heterocycles. The molecule has 1 aromatic heterocycles. The molecule has 2 rings (SSSR count). The number of aromatic nitrogens is 2. The molecule has 0 aliphatic carbocycles. The summed E-state index contributed by atoms with van der Waals surface area (Å²) in [5.74, 6) is 0.372. The molecule has 2 aromatic rings. The summed E-state index contributed by atoms with van der Waals surface area (Å²) in [7, 11) is 0. The van der Waals surface area contributed by atoms with Crippen molar-refractivity contribution in [3.8, 4) is 0 Å². The number of rotatable bonds is 0. The second-order valence-electron chi connectivity index (χ2n) is 2.93. The molecule has 0 aliphatic rings. The van der Waals surface area contributed by atoms with Crippen LogP contribution in [0.1, 0.15) is 0 Å². The van der Waals surface area contributed by atoms with Crippen molar-refractivity contribution in [1.29, 1.82) is 0 Å². The van der Waals surface area contributed by atoms with Gasteiger partial charge in [0.2, 0.25) is 5.95 Å². The van der Waals surface area contributed by atoms with Gasteiger partial charge in [0.25, 0.3) is 0 Å². The summed E-state index contributed by atoms with van der Waals surface area (Å²) >= 11 is 0. The van der Waals surface area contributed by atoms with Gasteiger partial charge < -0.3 is 22.9 Å². The maximum absolute atomic E-state index is 5.74. The summed E-state index contributed by atoms with van der Waals surface area (Å²) < 4.78 is 0. The number of hydrogen-bond donors (Lipinski definition) is 4. The third-order valence-electron chi connectivity index (χ3n) is 1.98. The van der Waals surface area contributed by atoms with Crippen LogP contribution in [0.2, 0.25) is 0 Å². The number of anilines is 4. The fraction of sp³-hybridized carbons (Fsp3) is 0. The Balaban J connectivity index is 0.00000112. The fourth-order valence-electron chi connectivity index (χ4n) is 1.31. The number of nitrogens with zero attached hydrogens (tertiary/aromatic N) is 2. The van der Waals surface area contributed by atoms with Gasteiger partial charge in [-0.3, -0.25) is 0 Å². The Hall–Kier alpha value is -1.95. The van der Waals surface area contributed by atoms with Crippen molar-refractivity contribution in [3.63, 3.8) is 0 Å². The fourth-order valence-corrected chi connectivity index (χ4v) is 1.31. The Bertz CT molecular complexity index is 512. The summed E-state index contributed by atoms with van der Waals surface area (Å²) in [6.07, 6.45) is 0. The largest absolute Gasteiger partial charge is 0.397 e. The van der Waals surface area contributed by atoms with E-state index in [9.17, 15) is 0 Å². The monoisotopic (exact) mass is 226 g/mol. The molecule has 0 bridgehead atoms. The van der Waals surface area contributed by atoms with Gasteiger partial charge in [0.05, 0.1) is 22.3 Å². The van der Waals surface area contributed by atoms with Crippen LogP contribution in [0, 0.1) is 0 Å². The smallest absolute Gasteiger partial charge is 0.222 e. The van der Waals surface area contributed by atoms with Gasteiger partial charge in [-0.1, -0.05) is 0 Å². The number of benzene rings is 1. The van der Waals surface area contributed by atoms with E-state index in [0.717, 1.165) is 0 Å². The minimum Gasteiger partial charge on any atom is -0.397 e. The number of halogens is 1. The number of nitrogen functional groups attached to an aromatic ring is 4. The Kier molecular flexibility index (Phi) is 2.71. The lowest BCUT2D eigenvalue weighted by Crippen LogP contribution is -2.04. The summed E-state index contributed by atoms with van der Waals surface area (Å²) in [4.78, 5) is 7.80. The predicted molar refractivity (Wildman–Crippen MR) is 64.4 cm³/mol. The van der Waals surface area contributed by atoms with Gasteiger partial charge in [-0.15, -0.1) is 12.4 Å². The third kappa shape index (κ3) is 1.66. The van der Waals surface area contributed by atoms with Crippen LogP contribution >= 0.6 is 12.4 Å². The lowest BCUT2D eigenvalue weighted by atomic mass is 10.1. The van der Waals surface area contributed by atoms with Crippen LogP contribution in [0.15, 0.2) is 12.1 Å². The lowest BCUT2D eigenvalue weighted by Gasteiger charge is -2.07. The third-order valence-corrected chi connectivity index (χ3v) is 1.98. The first-order chi connectivity index (χ1) is 6.59. The molecule has 0 amide bonds. The molecule has 1 heterocycles. The number of hydrogen-bond acceptors (Lipinski definition) is 6. The van der Waals surface area contributed by atoms with E-state index in [4.69, 9.17) is 22.9 Å². The highest BCUT2D eigenvalue weighted by molar-refractivity contribution is 6.02. The zero-order valence-electron chi connectivity index (χ0n) is 7.77. The van der Waals surface area contributed by atoms with Crippen LogP contribution in [0.25, 0.3) is 10.9 Å². The highest BCUT2D eigenvalue weighted by Crippen LogP contribution is 2.29. The minimum atomic E-state index is 0. The number of nitrogens with two attached hydrogens (primary N) is 4. The Morgan fingerprint density at radius 1 is 0.933 bits per heavy atom. The van der Waals surface area contributed by atoms with Gasteiger partial charge >= 0.3 is 0 Å². The average molecular weight is 227 g/mol. The van der Waals surface area contributed by atoms with Gasteiger partial charge in [0.15, 0.2) is 0 Å². The molecule has 0 saturated heterocycles. The van der Waals surface area contributed by atoms with Crippen LogP contribution < -0.4 is 22.9 Å². The van der Waals surface area contributed by atoms with E-state index in [2.05, 4.69) is 9.97 Å². The van der Waals surface area contributed by atoms with E-state index in [1.807, 2.05) is 0 Å². The SMILES string of the molecule is Cl.Nc1nc(N)c2c(N)c(N)ccc2n1. The van der Waals surface area contributed by atoms with Crippen molar-refractivity contribution in [3.05, 3.63) is 12.1 Å². The van der Waals surface area contributed by atoms with E-state index in [0.29, 0.717) is 22.3 Å². The van der Waals surface area contributed by atoms with Gasteiger partial charge in [0, 0.05) is 0 Å². The average Bonchev–Trinajstić information content (AvgIpc) is 2.10. The normalized spacial score (nSPS) is 9.87. The standard InChI is InChI=1S/C8H10N6.ClH/c9-3-1-2-4-5(6(3)10)7(11)14-8(12)13-4;/h1-2H,9-10H2,(H4,11,12,13,14);1H. The summed E-state index contributed by atoms with van der Waals surface area (Å²) in [5, 5.41) is 0.555. The second-order valence-corrected chi connectivity index (χ2v) is 2.93. The van der Waals surface area contributed by atoms with Crippen molar-refractivity contribution < 1.29 is 0 Å². The molecule has 80 valence electrons. The zero-order chi connectivity index (χ0) is 10.3. The van der Waals surface area contributed by atoms with E-state index in [-0.39, 0.29) is 24.2 Å². The second kappa shape index (κ2) is 3.66. The van der Waals surface area contributed by atoms with E-state index >= 15 is 0 Å². The quantitative estimate of drug-likeness (QED) is 0.481. The maximum Gasteiger partial charge on any atom is 0.222 e. The molecule has 0 atom stereocenters. The molecule has 0 saturated carbocycles. The molecule has 0 fully saturated rings. The van der Waals surface area contributed by atoms with Gasteiger partial charge in [-0.25, -0.2) is 4.98 Å². The van der Waals surface area contributed by atoms with E-state index in [1.54, 1.807) is 12.1 Å². The molecule has 15 heavy (non-hydrogen) atoms. The molecule has 8 N–H and O–H groups in total. The van der Waals surface area contributed by atoms with Crippen LogP contribution in [0.4, 0.5) is 23.1 Å². The molecule has 1 aromatic carbocycles. The van der Waals surface area contributed by atoms with Gasteiger partial charge in [0.1, 0.15) is 5.82 Å². The van der Waals surface area contributed by atoms with Crippen molar-refractivity contribution >= 4 is 46.5 Å². The van der Waals surface area contributed by atoms with Crippen molar-refractivity contribution in [2.45, 2.75) is 0 Å². The van der Waals surface area contributed by atoms with Gasteiger partial charge in [-0.2, -0.15) is 4.98 Å². The molecule has 7 heteroatoms. The highest BCUT2D eigenvalue weighted by Gasteiger charge is 2.08. The minimum absolute atomic E-state index is 0. The van der Waals surface area contributed by atoms with Crippen LogP contribution in [-0.4, -0.2) is 9.97 Å². The lowest BCUT2D eigenvalue weighted by molar-refractivity contribution is 1.25. The molecular weight excluding hydrogens is 216 g/mol. The van der Waals surface area contributed by atoms with Crippen molar-refractivity contribution in [2.24, 2.45) is 0 Å². The van der Waals surface area contributed by atoms with Crippen LogP contribution in [0.3, 0.4) is 0 Å². The zero-order valence-corrected chi connectivity index (χ0v) is 8.58. The summed E-state index contributed by atoms with van der Waals surface area (Å²) in [6, 6.07) is 3.36. The first-order valence-corrected chi connectivity index (χ1v) is 3.96. The first kappa shape index (κ1) is 11.1. The topological polar surface area (TPSA) is 130 Å². The summed E-state index contributed by atoms with van der Waals surface area (Å²) in [5.41, 5.74) is 23.9. The Labute approximate surface area is 92.1 Å². The summed E-state index contributed by atoms with van der Waals surface area (Å²) in [6.45, 7) is 0. The van der Waals surface area contributed by atoms with E-state index < -0.39 is 0 Å². The van der Waals surface area contributed by atoms with Crippen molar-refractivity contribution in [2.75, 3.05) is 22.9 Å².